The second-order valence-corrected chi connectivity index (χ2v) is 13.4. The molecular weight excluding hydrogens is 1560 g/mol. The number of hydrogen-bond donors (Lipinski definition) is 6. The molecule has 3 atom stereocenters. The number of nitrogens with two attached hydrogens (primary N) is 1. The summed E-state index contributed by atoms with van der Waals surface area (Å²) >= 11 is 0.862. The number of amides is 4. The van der Waals surface area contributed by atoms with E-state index in [4.69, 9.17) is 25.7 Å². The van der Waals surface area contributed by atoms with Gasteiger partial charge in [-0.25, -0.2) is 19.6 Å². The Labute approximate surface area is 693 Å². The van der Waals surface area contributed by atoms with Crippen LogP contribution in [0.4, 0.5) is 0 Å². The number of aliphatic carboxylic acids is 2. The molecule has 1 aliphatic heterocycles. The summed E-state index contributed by atoms with van der Waals surface area (Å²) in [5.41, 5.74) is 3.70. The summed E-state index contributed by atoms with van der Waals surface area (Å²) in [4.78, 5) is 104. The maximum Gasteiger partial charge on any atom is 0.322 e. The lowest BCUT2D eigenvalue weighted by atomic mass is 9.84. The lowest BCUT2D eigenvalue weighted by Crippen LogP contribution is -2.50. The fraction of sp³-hybridized carbons (Fsp3) is 0.267. The van der Waals surface area contributed by atoms with Crippen molar-refractivity contribution in [2.75, 3.05) is 52.9 Å². The molecule has 4 amide bonds. The summed E-state index contributed by atoms with van der Waals surface area (Å²) < 4.78 is 0. The van der Waals surface area contributed by atoms with Crippen LogP contribution >= 0.6 is 11.8 Å². The Morgan fingerprint density at radius 1 is 0.440 bits per heavy atom. The Morgan fingerprint density at radius 2 is 0.724 bits per heavy atom. The highest BCUT2D eigenvalue weighted by atomic mass is 32.2. The Balaban J connectivity index is -0.0000000680. The maximum atomic E-state index is 13.1. The second kappa shape index (κ2) is 219. The smallest absolute Gasteiger partial charge is 0.322 e. The first-order valence-corrected chi connectivity index (χ1v) is 31.2. The number of thioether (sulfide) groups is 1. The van der Waals surface area contributed by atoms with Crippen molar-refractivity contribution < 1.29 is 179 Å². The summed E-state index contributed by atoms with van der Waals surface area (Å²) in [6.07, 6.45) is -0.760. The zero-order valence-corrected chi connectivity index (χ0v) is 69.6. The van der Waals surface area contributed by atoms with Crippen molar-refractivity contribution in [1.82, 2.24) is 15.5 Å². The molecule has 0 aromatic heterocycles. The van der Waals surface area contributed by atoms with Gasteiger partial charge in [0.05, 0.1) is 44.7 Å². The lowest BCUT2D eigenvalue weighted by Gasteiger charge is -2.28. The van der Waals surface area contributed by atoms with Crippen molar-refractivity contribution in [3.63, 3.8) is 0 Å². The molecule has 116 heavy (non-hydrogen) atoms. The largest absolute Gasteiger partial charge is 0.480 e. The summed E-state index contributed by atoms with van der Waals surface area (Å²) in [6, 6.07) is -2.71. The van der Waals surface area contributed by atoms with E-state index in [1.165, 1.54) is 0 Å². The minimum atomic E-state index is -1.71. The number of unbranched alkanes of at least 4 members (excludes halogenated alkanes) is 2. The molecule has 3 unspecified atom stereocenters. The van der Waals surface area contributed by atoms with Gasteiger partial charge in [0.1, 0.15) is 24.4 Å². The Hall–Kier alpha value is -10.3. The van der Waals surface area contributed by atoms with Gasteiger partial charge in [0.25, 0.3) is 0 Å². The first-order chi connectivity index (χ1) is 56.8. The molecule has 0 aliphatic carbocycles. The second-order valence-electron chi connectivity index (χ2n) is 12.2. The quantitative estimate of drug-likeness (QED) is 0.0108. The van der Waals surface area contributed by atoms with E-state index in [0.717, 1.165) is 30.9 Å². The van der Waals surface area contributed by atoms with E-state index in [2.05, 4.69) is 447 Å². The van der Waals surface area contributed by atoms with Crippen LogP contribution in [0.15, 0.2) is 316 Å². The number of Topliss-reactive ketones (excluding diaryl/α,β-unsaturated/α-hetero) is 1. The van der Waals surface area contributed by atoms with Crippen LogP contribution in [0, 0.1) is 5.41 Å². The highest BCUT2D eigenvalue weighted by molar-refractivity contribution is 8.00. The van der Waals surface area contributed by atoms with Crippen LogP contribution in [-0.4, -0.2) is 132 Å². The number of carboxylic acid groups (broad SMARTS) is 2. The number of rotatable bonds is 48. The summed E-state index contributed by atoms with van der Waals surface area (Å²) in [6.45, 7) is 141. The number of carbonyl (C=O) groups excluding carboxylic acids is 5. The highest BCUT2D eigenvalue weighted by Crippen LogP contribution is 2.28. The molecule has 1 fully saturated rings. The molecule has 0 radical (unpaired) electrons. The number of likely N-dealkylation sites (tertiary alicyclic amines) is 1. The molecule has 0 saturated carbocycles. The molecule has 41 heteroatoms. The zero-order valence-electron chi connectivity index (χ0n) is 68.8. The van der Waals surface area contributed by atoms with Crippen LogP contribution in [0.2, 0.25) is 0 Å². The van der Waals surface area contributed by atoms with Crippen molar-refractivity contribution in [3.8, 4) is 0 Å². The van der Waals surface area contributed by atoms with Gasteiger partial charge in [-0.1, -0.05) is 6.42 Å². The minimum absolute atomic E-state index is 0.0438. The van der Waals surface area contributed by atoms with Crippen molar-refractivity contribution in [3.05, 3.63) is 316 Å². The highest BCUT2D eigenvalue weighted by Gasteiger charge is 2.40. The van der Waals surface area contributed by atoms with E-state index in [-0.39, 0.29) is 50.8 Å². The van der Waals surface area contributed by atoms with Gasteiger partial charge in [-0.2, -0.15) is 0 Å². The van der Waals surface area contributed by atoms with Crippen molar-refractivity contribution >= 4 is 53.1 Å². The van der Waals surface area contributed by atoms with Crippen LogP contribution in [0.25, 0.3) is 0 Å². The normalized spacial score (nSPS) is 9.55. The van der Waals surface area contributed by atoms with E-state index >= 15 is 0 Å². The zero-order chi connectivity index (χ0) is 98.3. The SMILES string of the molecule is C=C.C=C.C=C.C=C.C=C.C=C.C=C.C=C.C=C.C=C.C=C.C=C.C=C.C=C.C=C.C=C.C=C.C=C.C=C.C=C.C=C.C=C.C=C.C=C.COOOOOOOOOOOOOCC(CO)(COOOOOOOOOOOOOC)CC(=O)CCCCCN1C(=O)CC(SCC(NC(=O)CCC(N)C(=O)O)C(=O)NCC(=O)O)C1=O. The van der Waals surface area contributed by atoms with E-state index in [0.29, 0.717) is 6.42 Å². The molecule has 1 aliphatic rings. The molecule has 0 spiro atoms. The predicted molar refractivity (Wildman–Crippen MR) is 453 cm³/mol. The van der Waals surface area contributed by atoms with Gasteiger partial charge in [0.15, 0.2) is 0 Å². The maximum absolute atomic E-state index is 13.1. The average Bonchev–Trinajstić information content (AvgIpc) is 1.67. The Bertz CT molecular complexity index is 1740. The molecule has 40 nitrogen and oxygen atoms in total. The van der Waals surface area contributed by atoms with Gasteiger partial charge in [0, 0.05) is 38.0 Å². The summed E-state index contributed by atoms with van der Waals surface area (Å²) in [5, 5.41) is 115. The van der Waals surface area contributed by atoms with Gasteiger partial charge in [-0.3, -0.25) is 38.5 Å². The van der Waals surface area contributed by atoms with E-state index in [1.54, 1.807) is 0 Å². The molecule has 0 aromatic rings. The first kappa shape index (κ1) is 174. The van der Waals surface area contributed by atoms with Crippen LogP contribution in [0.5, 0.6) is 0 Å². The van der Waals surface area contributed by atoms with Gasteiger partial charge in [-0.15, -0.1) is 328 Å². The number of hydrogen-bond acceptors (Lipinski definition) is 36. The third-order valence-corrected chi connectivity index (χ3v) is 8.79. The number of aliphatic hydroxyl groups excluding tert-OH is 1. The molecule has 7 N–H and O–H groups in total. The third kappa shape index (κ3) is 168. The van der Waals surface area contributed by atoms with Crippen LogP contribution in [0.1, 0.15) is 51.4 Å². The number of nitrogens with one attached hydrogen (secondary N) is 2. The minimum Gasteiger partial charge on any atom is -0.480 e. The van der Waals surface area contributed by atoms with Gasteiger partial charge < -0.3 is 31.7 Å². The molecular formula is C75H140N4O36S. The van der Waals surface area contributed by atoms with Gasteiger partial charge in [-0.05, 0) is 130 Å². The average molecular weight is 1710 g/mol. The van der Waals surface area contributed by atoms with Crippen molar-refractivity contribution in [2.45, 2.75) is 68.7 Å². The predicted octanol–water partition coefficient (Wildman–Crippen LogP) is 16.1. The van der Waals surface area contributed by atoms with E-state index < -0.39 is 96.9 Å². The standard InChI is InChI=1S/C27H44N4O36S.24C2H4/c1-42-46-50-54-58-62-66-64-60-56-52-48-44-15-27(14-32,16-45-49-53-57-61-65-67-63-59-55-51-47-43-2)11-17(33)6-4-3-5-9-31-22(35)10-20(25(31)39)68-13-19(24(38)29-12-23(36)37)30-21(34)8-7-18(28)26(40)41;24*1-2/h18-20,32H,3-16,28H2,1-2H3,(H,29,38)(H,30,34)(H,36,37)(H,40,41);24*1-2H2. The fourth-order valence-electron chi connectivity index (χ4n) is 4.54. The number of carbonyl (C=O) groups is 7. The first-order valence-electron chi connectivity index (χ1n) is 30.1. The lowest BCUT2D eigenvalue weighted by molar-refractivity contribution is -0.870. The molecule has 1 heterocycles. The van der Waals surface area contributed by atoms with E-state index in [9.17, 15) is 38.7 Å². The van der Waals surface area contributed by atoms with Gasteiger partial charge >= 0.3 is 11.9 Å². The number of aliphatic hydroxyl groups is 1. The monoisotopic (exact) mass is 1700 g/mol. The van der Waals surface area contributed by atoms with Crippen LogP contribution < -0.4 is 16.4 Å². The number of carboxylic acids is 2. The van der Waals surface area contributed by atoms with E-state index in [1.807, 2.05) is 0 Å². The molecule has 682 valence electrons. The summed E-state index contributed by atoms with van der Waals surface area (Å²) in [5.74, 6) is -6.28. The Kier molecular flexibility index (Phi) is 328. The number of ketones is 1. The fourth-order valence-corrected chi connectivity index (χ4v) is 5.73. The summed E-state index contributed by atoms with van der Waals surface area (Å²) in [7, 11) is 2.11. The molecule has 0 aromatic carbocycles. The number of nitrogens with zero attached hydrogens (tertiary/aromatic N) is 1. The molecule has 0 bridgehead atoms. The van der Waals surface area contributed by atoms with Crippen molar-refractivity contribution in [1.29, 1.82) is 0 Å². The van der Waals surface area contributed by atoms with Crippen molar-refractivity contribution in [2.24, 2.45) is 11.1 Å². The van der Waals surface area contributed by atoms with Crippen LogP contribution in [0.3, 0.4) is 0 Å². The molecule has 1 saturated heterocycles. The van der Waals surface area contributed by atoms with Crippen LogP contribution in [-0.2, 0) is 164 Å². The van der Waals surface area contributed by atoms with Gasteiger partial charge in [0.2, 0.25) is 23.6 Å². The third-order valence-electron chi connectivity index (χ3n) is 7.49. The Morgan fingerprint density at radius 3 is 0.991 bits per heavy atom. The topological polar surface area (TPSA) is 473 Å². The number of imide groups is 1. The molecule has 1 rings (SSSR count).